The number of rotatable bonds is 3. The SMILES string of the molecule is C=C1/C=C\C=C(\F)CS/C=C\1c1nccc(C(O)CN)n1. The van der Waals surface area contributed by atoms with Crippen LogP contribution in [-0.2, 0) is 0 Å². The first kappa shape index (κ1) is 15.6. The molecule has 4 nitrogen and oxygen atoms in total. The molecule has 3 N–H and O–H groups in total. The number of allylic oxidation sites excluding steroid dienone is 5. The minimum absolute atomic E-state index is 0.0836. The summed E-state index contributed by atoms with van der Waals surface area (Å²) in [7, 11) is 0. The summed E-state index contributed by atoms with van der Waals surface area (Å²) in [6, 6.07) is 1.61. The Bertz CT molecular complexity index is 625. The van der Waals surface area contributed by atoms with Crippen molar-refractivity contribution in [3.63, 3.8) is 0 Å². The highest BCUT2D eigenvalue weighted by Gasteiger charge is 2.13. The molecule has 0 aliphatic carbocycles. The van der Waals surface area contributed by atoms with Gasteiger partial charge in [-0.15, -0.1) is 11.8 Å². The molecule has 6 heteroatoms. The molecule has 2 rings (SSSR count). The van der Waals surface area contributed by atoms with Gasteiger partial charge in [0.2, 0.25) is 0 Å². The molecule has 0 amide bonds. The van der Waals surface area contributed by atoms with Crippen molar-refractivity contribution >= 4 is 17.3 Å². The van der Waals surface area contributed by atoms with Gasteiger partial charge in [-0.2, -0.15) is 0 Å². The predicted molar refractivity (Wildman–Crippen MR) is 84.0 cm³/mol. The molecule has 1 aliphatic rings. The van der Waals surface area contributed by atoms with Gasteiger partial charge in [0, 0.05) is 24.1 Å². The van der Waals surface area contributed by atoms with Crippen molar-refractivity contribution in [1.29, 1.82) is 0 Å². The normalized spacial score (nSPS) is 23.9. The van der Waals surface area contributed by atoms with E-state index in [-0.39, 0.29) is 18.1 Å². The molecule has 0 fully saturated rings. The van der Waals surface area contributed by atoms with Crippen LogP contribution in [-0.4, -0.2) is 27.4 Å². The van der Waals surface area contributed by atoms with Crippen LogP contribution in [0, 0.1) is 0 Å². The van der Waals surface area contributed by atoms with Gasteiger partial charge < -0.3 is 10.8 Å². The Morgan fingerprint density at radius 1 is 1.52 bits per heavy atom. The summed E-state index contributed by atoms with van der Waals surface area (Å²) in [5, 5.41) is 11.5. The van der Waals surface area contributed by atoms with Gasteiger partial charge in [-0.3, -0.25) is 0 Å². The highest BCUT2D eigenvalue weighted by Crippen LogP contribution is 2.26. The molecule has 2 heterocycles. The van der Waals surface area contributed by atoms with Gasteiger partial charge in [-0.1, -0.05) is 18.7 Å². The summed E-state index contributed by atoms with van der Waals surface area (Å²) in [6.07, 6.45) is 5.44. The smallest absolute Gasteiger partial charge is 0.160 e. The largest absolute Gasteiger partial charge is 0.385 e. The maximum absolute atomic E-state index is 13.3. The van der Waals surface area contributed by atoms with Gasteiger partial charge in [0.1, 0.15) is 11.9 Å². The molecule has 0 saturated heterocycles. The Kier molecular flexibility index (Phi) is 5.44. The lowest BCUT2D eigenvalue weighted by molar-refractivity contribution is 0.181. The highest BCUT2D eigenvalue weighted by atomic mass is 32.2. The predicted octanol–water partition coefficient (Wildman–Crippen LogP) is 2.52. The van der Waals surface area contributed by atoms with Crippen molar-refractivity contribution in [3.8, 4) is 0 Å². The fourth-order valence-corrected chi connectivity index (χ4v) is 2.45. The molecule has 0 aromatic carbocycles. The van der Waals surface area contributed by atoms with Crippen molar-refractivity contribution in [2.75, 3.05) is 12.3 Å². The zero-order chi connectivity index (χ0) is 15.2. The number of halogens is 1. The van der Waals surface area contributed by atoms with E-state index in [9.17, 15) is 9.50 Å². The van der Waals surface area contributed by atoms with Crippen LogP contribution in [0.5, 0.6) is 0 Å². The molecule has 0 bridgehead atoms. The minimum Gasteiger partial charge on any atom is -0.385 e. The first-order valence-corrected chi connectivity index (χ1v) is 7.42. The summed E-state index contributed by atoms with van der Waals surface area (Å²) in [4.78, 5) is 8.51. The Hall–Kier alpha value is -1.76. The zero-order valence-corrected chi connectivity index (χ0v) is 12.2. The van der Waals surface area contributed by atoms with Gasteiger partial charge in [-0.25, -0.2) is 14.4 Å². The van der Waals surface area contributed by atoms with Gasteiger partial charge in [-0.05, 0) is 23.1 Å². The van der Waals surface area contributed by atoms with E-state index in [2.05, 4.69) is 16.5 Å². The molecule has 0 saturated carbocycles. The quantitative estimate of drug-likeness (QED) is 0.898. The standard InChI is InChI=1S/C15H16FN3OS/c1-10-3-2-4-11(16)8-21-9-12(10)15-18-6-5-13(19-15)14(20)7-17/h2-6,9,14,20H,1,7-8,17H2/b3-2-,11-4+,12-9+. The molecule has 21 heavy (non-hydrogen) atoms. The second-order valence-electron chi connectivity index (χ2n) is 4.40. The number of aliphatic hydroxyl groups excluding tert-OH is 1. The third-order valence-corrected chi connectivity index (χ3v) is 3.67. The average molecular weight is 305 g/mol. The Balaban J connectivity index is 2.35. The maximum Gasteiger partial charge on any atom is 0.160 e. The van der Waals surface area contributed by atoms with Crippen molar-refractivity contribution < 1.29 is 9.50 Å². The summed E-state index contributed by atoms with van der Waals surface area (Å²) >= 11 is 1.30. The van der Waals surface area contributed by atoms with E-state index in [1.54, 1.807) is 29.8 Å². The zero-order valence-electron chi connectivity index (χ0n) is 11.4. The van der Waals surface area contributed by atoms with E-state index in [0.29, 0.717) is 22.7 Å². The van der Waals surface area contributed by atoms with E-state index < -0.39 is 6.10 Å². The number of nitrogens with zero attached hydrogens (tertiary/aromatic N) is 2. The van der Waals surface area contributed by atoms with Crippen LogP contribution in [0.15, 0.2) is 53.9 Å². The number of hydrogen-bond donors (Lipinski definition) is 2. The van der Waals surface area contributed by atoms with Crippen molar-refractivity contribution in [2.45, 2.75) is 6.10 Å². The third kappa shape index (κ3) is 4.10. The monoisotopic (exact) mass is 305 g/mol. The van der Waals surface area contributed by atoms with Gasteiger partial charge in [0.15, 0.2) is 5.82 Å². The Morgan fingerprint density at radius 3 is 3.10 bits per heavy atom. The lowest BCUT2D eigenvalue weighted by Gasteiger charge is -2.10. The van der Waals surface area contributed by atoms with E-state index >= 15 is 0 Å². The van der Waals surface area contributed by atoms with Crippen LogP contribution in [0.2, 0.25) is 0 Å². The van der Waals surface area contributed by atoms with Crippen LogP contribution in [0.1, 0.15) is 17.6 Å². The van der Waals surface area contributed by atoms with Crippen LogP contribution < -0.4 is 5.73 Å². The van der Waals surface area contributed by atoms with E-state index in [0.717, 1.165) is 0 Å². The second-order valence-corrected chi connectivity index (χ2v) is 5.25. The first-order chi connectivity index (χ1) is 10.1. The molecule has 110 valence electrons. The van der Waals surface area contributed by atoms with Crippen molar-refractivity contribution in [1.82, 2.24) is 9.97 Å². The molecule has 1 unspecified atom stereocenters. The number of thioether (sulfide) groups is 1. The fourth-order valence-electron chi connectivity index (χ4n) is 1.69. The molecule has 1 aromatic rings. The van der Waals surface area contributed by atoms with Gasteiger partial charge in [0.05, 0.1) is 5.69 Å². The van der Waals surface area contributed by atoms with E-state index in [4.69, 9.17) is 5.73 Å². The molecule has 0 spiro atoms. The average Bonchev–Trinajstić information content (AvgIpc) is 2.57. The summed E-state index contributed by atoms with van der Waals surface area (Å²) < 4.78 is 13.3. The minimum atomic E-state index is -0.834. The lowest BCUT2D eigenvalue weighted by Crippen LogP contribution is -2.14. The lowest BCUT2D eigenvalue weighted by atomic mass is 10.1. The summed E-state index contributed by atoms with van der Waals surface area (Å²) in [5.41, 5.74) is 7.26. The second kappa shape index (κ2) is 7.31. The van der Waals surface area contributed by atoms with Gasteiger partial charge in [0.25, 0.3) is 0 Å². The molecular weight excluding hydrogens is 289 g/mol. The summed E-state index contributed by atoms with van der Waals surface area (Å²) in [5.74, 6) is 0.464. The maximum atomic E-state index is 13.3. The topological polar surface area (TPSA) is 72.0 Å². The molecule has 1 aliphatic heterocycles. The van der Waals surface area contributed by atoms with Crippen LogP contribution >= 0.6 is 11.8 Å². The number of aliphatic hydroxyl groups is 1. The highest BCUT2D eigenvalue weighted by molar-refractivity contribution is 8.02. The Labute approximate surface area is 127 Å². The van der Waals surface area contributed by atoms with Gasteiger partial charge >= 0.3 is 0 Å². The molecular formula is C15H16FN3OS. The van der Waals surface area contributed by atoms with E-state index in [1.165, 1.54) is 17.8 Å². The fraction of sp³-hybridized carbons (Fsp3) is 0.200. The van der Waals surface area contributed by atoms with Crippen LogP contribution in [0.3, 0.4) is 0 Å². The Morgan fingerprint density at radius 2 is 2.33 bits per heavy atom. The number of hydrogen-bond acceptors (Lipinski definition) is 5. The molecule has 0 radical (unpaired) electrons. The third-order valence-electron chi connectivity index (χ3n) is 2.83. The van der Waals surface area contributed by atoms with Crippen molar-refractivity contribution in [3.05, 3.63) is 65.4 Å². The van der Waals surface area contributed by atoms with Crippen LogP contribution in [0.4, 0.5) is 4.39 Å². The number of aromatic nitrogens is 2. The van der Waals surface area contributed by atoms with Crippen LogP contribution in [0.25, 0.3) is 5.57 Å². The summed E-state index contributed by atoms with van der Waals surface area (Å²) in [6.45, 7) is 4.03. The molecule has 1 aromatic heterocycles. The van der Waals surface area contributed by atoms with E-state index in [1.807, 2.05) is 0 Å². The number of nitrogens with two attached hydrogens (primary N) is 1. The first-order valence-electron chi connectivity index (χ1n) is 6.37. The molecule has 1 atom stereocenters. The van der Waals surface area contributed by atoms with Crippen molar-refractivity contribution in [2.24, 2.45) is 5.73 Å².